The second-order valence-electron chi connectivity index (χ2n) is 2.87. The Labute approximate surface area is 70.5 Å². The van der Waals surface area contributed by atoms with Gasteiger partial charge in [-0.05, 0) is 13.8 Å². The highest BCUT2D eigenvalue weighted by Gasteiger charge is 1.99. The van der Waals surface area contributed by atoms with Gasteiger partial charge in [0.1, 0.15) is 0 Å². The fourth-order valence-electron chi connectivity index (χ4n) is 0.938. The van der Waals surface area contributed by atoms with Gasteiger partial charge in [0.05, 0.1) is 19.0 Å². The molecular weight excluding hydrogens is 156 g/mol. The lowest BCUT2D eigenvalue weighted by Crippen LogP contribution is -2.24. The maximum Gasteiger partial charge on any atom is 0.253 e. The first-order valence-corrected chi connectivity index (χ1v) is 3.81. The molecule has 0 amide bonds. The highest BCUT2D eigenvalue weighted by atomic mass is 16.3. The van der Waals surface area contributed by atoms with Crippen LogP contribution in [0.25, 0.3) is 0 Å². The van der Waals surface area contributed by atoms with Crippen LogP contribution in [0.4, 0.5) is 0 Å². The van der Waals surface area contributed by atoms with Gasteiger partial charge < -0.3 is 5.11 Å². The molecule has 1 N–H and O–H groups in total. The van der Waals surface area contributed by atoms with E-state index < -0.39 is 6.10 Å². The second kappa shape index (κ2) is 3.49. The summed E-state index contributed by atoms with van der Waals surface area (Å²) in [6.07, 6.45) is 0.928. The van der Waals surface area contributed by atoms with Crippen molar-refractivity contribution in [2.24, 2.45) is 0 Å². The van der Waals surface area contributed by atoms with Gasteiger partial charge in [0.25, 0.3) is 5.56 Å². The third-order valence-corrected chi connectivity index (χ3v) is 1.48. The highest BCUT2D eigenvalue weighted by molar-refractivity contribution is 4.95. The first kappa shape index (κ1) is 8.93. The Morgan fingerprint density at radius 2 is 2.42 bits per heavy atom. The summed E-state index contributed by atoms with van der Waals surface area (Å²) in [6, 6.07) is 1.45. The number of aliphatic hydroxyl groups excluding tert-OH is 1. The summed E-state index contributed by atoms with van der Waals surface area (Å²) in [5.41, 5.74) is 0.574. The minimum absolute atomic E-state index is 0.122. The van der Waals surface area contributed by atoms with Crippen molar-refractivity contribution in [2.45, 2.75) is 26.5 Å². The Balaban J connectivity index is 2.94. The van der Waals surface area contributed by atoms with Crippen molar-refractivity contribution >= 4 is 0 Å². The zero-order chi connectivity index (χ0) is 9.14. The molecule has 0 radical (unpaired) electrons. The lowest BCUT2D eigenvalue weighted by molar-refractivity contribution is 0.171. The van der Waals surface area contributed by atoms with Crippen molar-refractivity contribution in [3.8, 4) is 0 Å². The van der Waals surface area contributed by atoms with Crippen LogP contribution in [-0.4, -0.2) is 20.8 Å². The third-order valence-electron chi connectivity index (χ3n) is 1.48. The van der Waals surface area contributed by atoms with Crippen LogP contribution in [0.1, 0.15) is 12.6 Å². The Hall–Kier alpha value is -1.16. The molecule has 12 heavy (non-hydrogen) atoms. The van der Waals surface area contributed by atoms with Crippen molar-refractivity contribution in [3.63, 3.8) is 0 Å². The van der Waals surface area contributed by atoms with E-state index in [-0.39, 0.29) is 5.56 Å². The average molecular weight is 168 g/mol. The molecular formula is C8H12N2O2. The van der Waals surface area contributed by atoms with Gasteiger partial charge >= 0.3 is 0 Å². The number of hydrogen-bond acceptors (Lipinski definition) is 3. The van der Waals surface area contributed by atoms with Gasteiger partial charge in [-0.1, -0.05) is 0 Å². The zero-order valence-corrected chi connectivity index (χ0v) is 7.19. The lowest BCUT2D eigenvalue weighted by Gasteiger charge is -2.06. The normalized spacial score (nSPS) is 12.9. The molecule has 0 aliphatic heterocycles. The van der Waals surface area contributed by atoms with E-state index in [0.717, 1.165) is 0 Å². The molecule has 4 nitrogen and oxygen atoms in total. The first-order chi connectivity index (χ1) is 5.59. The number of aromatic nitrogens is 2. The van der Waals surface area contributed by atoms with Crippen LogP contribution in [0.5, 0.6) is 0 Å². The number of aryl methyl sites for hydroxylation is 1. The number of hydrogen-bond donors (Lipinski definition) is 1. The molecule has 1 rings (SSSR count). The molecule has 0 aliphatic rings. The third kappa shape index (κ3) is 2.17. The molecule has 0 spiro atoms. The lowest BCUT2D eigenvalue weighted by atomic mass is 10.4. The van der Waals surface area contributed by atoms with Gasteiger partial charge in [-0.3, -0.25) is 9.36 Å². The van der Waals surface area contributed by atoms with E-state index in [1.54, 1.807) is 13.8 Å². The van der Waals surface area contributed by atoms with E-state index in [2.05, 4.69) is 4.98 Å². The minimum atomic E-state index is -0.521. The number of rotatable bonds is 2. The van der Waals surface area contributed by atoms with Crippen LogP contribution in [0.2, 0.25) is 0 Å². The van der Waals surface area contributed by atoms with E-state index in [4.69, 9.17) is 5.11 Å². The van der Waals surface area contributed by atoms with E-state index in [9.17, 15) is 4.79 Å². The van der Waals surface area contributed by atoms with E-state index in [1.807, 2.05) is 0 Å². The SMILES string of the molecule is Cc1cc(=O)n(C[C@@H](C)O)cn1. The van der Waals surface area contributed by atoms with Crippen molar-refractivity contribution in [1.82, 2.24) is 9.55 Å². The van der Waals surface area contributed by atoms with Gasteiger partial charge in [0, 0.05) is 11.8 Å². The van der Waals surface area contributed by atoms with Crippen LogP contribution in [0, 0.1) is 6.92 Å². The zero-order valence-electron chi connectivity index (χ0n) is 7.19. The summed E-state index contributed by atoms with van der Waals surface area (Å²) in [7, 11) is 0. The van der Waals surface area contributed by atoms with Crippen LogP contribution in [0.15, 0.2) is 17.2 Å². The summed E-state index contributed by atoms with van der Waals surface area (Å²) in [5.74, 6) is 0. The molecule has 1 heterocycles. The van der Waals surface area contributed by atoms with Crippen molar-refractivity contribution in [3.05, 3.63) is 28.4 Å². The average Bonchev–Trinajstić information content (AvgIpc) is 1.94. The first-order valence-electron chi connectivity index (χ1n) is 3.81. The summed E-state index contributed by atoms with van der Waals surface area (Å²) in [5, 5.41) is 9.01. The van der Waals surface area contributed by atoms with Gasteiger partial charge in [-0.2, -0.15) is 0 Å². The molecule has 1 aromatic rings. The van der Waals surface area contributed by atoms with Gasteiger partial charge in [0.2, 0.25) is 0 Å². The molecule has 1 aromatic heterocycles. The summed E-state index contributed by atoms with van der Waals surface area (Å²) in [6.45, 7) is 3.69. The fraction of sp³-hybridized carbons (Fsp3) is 0.500. The molecule has 0 aliphatic carbocycles. The molecule has 1 atom stereocenters. The summed E-state index contributed by atoms with van der Waals surface area (Å²) >= 11 is 0. The summed E-state index contributed by atoms with van der Waals surface area (Å²) in [4.78, 5) is 15.1. The number of aliphatic hydroxyl groups is 1. The highest BCUT2D eigenvalue weighted by Crippen LogP contribution is 1.88. The molecule has 0 fully saturated rings. The standard InChI is InChI=1S/C8H12N2O2/c1-6-3-8(12)10(5-9-6)4-7(2)11/h3,5,7,11H,4H2,1-2H3/t7-/m1/s1. The van der Waals surface area contributed by atoms with Gasteiger partial charge in [-0.15, -0.1) is 0 Å². The smallest absolute Gasteiger partial charge is 0.253 e. The Morgan fingerprint density at radius 1 is 1.75 bits per heavy atom. The molecule has 0 bridgehead atoms. The maximum atomic E-state index is 11.2. The fourth-order valence-corrected chi connectivity index (χ4v) is 0.938. The number of nitrogens with zero attached hydrogens (tertiary/aromatic N) is 2. The van der Waals surface area contributed by atoms with Crippen molar-refractivity contribution < 1.29 is 5.11 Å². The maximum absolute atomic E-state index is 11.2. The molecule has 66 valence electrons. The van der Waals surface area contributed by atoms with Gasteiger partial charge in [-0.25, -0.2) is 4.98 Å². The summed E-state index contributed by atoms with van der Waals surface area (Å²) < 4.78 is 1.39. The van der Waals surface area contributed by atoms with Crippen molar-refractivity contribution in [2.75, 3.05) is 0 Å². The van der Waals surface area contributed by atoms with Crippen LogP contribution in [0.3, 0.4) is 0 Å². The molecule has 4 heteroatoms. The van der Waals surface area contributed by atoms with Crippen LogP contribution >= 0.6 is 0 Å². The predicted molar refractivity (Wildman–Crippen MR) is 44.9 cm³/mol. The van der Waals surface area contributed by atoms with Crippen LogP contribution < -0.4 is 5.56 Å². The monoisotopic (exact) mass is 168 g/mol. The van der Waals surface area contributed by atoms with Crippen LogP contribution in [-0.2, 0) is 6.54 Å². The van der Waals surface area contributed by atoms with E-state index in [1.165, 1.54) is 17.0 Å². The van der Waals surface area contributed by atoms with Gasteiger partial charge in [0.15, 0.2) is 0 Å². The molecule has 0 aromatic carbocycles. The Kier molecular flexibility index (Phi) is 2.60. The van der Waals surface area contributed by atoms with Crippen molar-refractivity contribution in [1.29, 1.82) is 0 Å². The second-order valence-corrected chi connectivity index (χ2v) is 2.87. The molecule has 0 saturated carbocycles. The molecule has 0 unspecified atom stereocenters. The Morgan fingerprint density at radius 3 is 2.92 bits per heavy atom. The topological polar surface area (TPSA) is 55.1 Å². The van der Waals surface area contributed by atoms with E-state index >= 15 is 0 Å². The predicted octanol–water partition coefficient (Wildman–Crippen LogP) is -0.0675. The van der Waals surface area contributed by atoms with E-state index in [0.29, 0.717) is 12.2 Å². The quantitative estimate of drug-likeness (QED) is 0.672. The minimum Gasteiger partial charge on any atom is -0.392 e. The Bertz CT molecular complexity index is 317. The molecule has 0 saturated heterocycles. The largest absolute Gasteiger partial charge is 0.392 e.